The average Bonchev–Trinajstić information content (AvgIpc) is 4.14. The fourth-order valence-corrected chi connectivity index (χ4v) is 15.5. The SMILES string of the molecule is COc1ccc([Si](C)(C)[C@H]2[C@H](CC(=O)N(CCO)Cc3ccccc3)O[C@@]3(C(=O)N(Cc4cccc(NC(=O)Cc5c[nH]c6ccccc56)c4)c4ccc(NC(=O)Cc5c[nH]c6ccccc56)cc43)[C@@H]2C)cc1. The van der Waals surface area contributed by atoms with Crippen LogP contribution in [0.3, 0.4) is 0 Å². The van der Waals surface area contributed by atoms with Gasteiger partial charge in [-0.2, -0.15) is 0 Å². The summed E-state index contributed by atoms with van der Waals surface area (Å²) in [6.07, 6.45) is 3.28. The highest BCUT2D eigenvalue weighted by atomic mass is 28.3. The van der Waals surface area contributed by atoms with E-state index in [-0.39, 0.29) is 68.1 Å². The summed E-state index contributed by atoms with van der Waals surface area (Å²) >= 11 is 0. The normalized spacial score (nSPS) is 18.3. The van der Waals surface area contributed by atoms with E-state index in [2.05, 4.69) is 52.8 Å². The summed E-state index contributed by atoms with van der Waals surface area (Å²) in [6, 6.07) is 46.5. The Bertz CT molecular complexity index is 3330. The molecule has 4 heterocycles. The quantitative estimate of drug-likeness (QED) is 0.0567. The van der Waals surface area contributed by atoms with Crippen LogP contribution >= 0.6 is 0 Å². The maximum atomic E-state index is 15.9. The van der Waals surface area contributed by atoms with Crippen molar-refractivity contribution >= 4 is 75.8 Å². The number of para-hydroxylation sites is 2. The number of rotatable bonds is 17. The molecule has 0 unspecified atom stereocenters. The van der Waals surface area contributed by atoms with Crippen LogP contribution in [0, 0.1) is 5.92 Å². The Kier molecular flexibility index (Phi) is 13.6. The lowest BCUT2D eigenvalue weighted by Crippen LogP contribution is -2.52. The molecule has 5 N–H and O–H groups in total. The molecule has 4 atom stereocenters. The van der Waals surface area contributed by atoms with Gasteiger partial charge >= 0.3 is 0 Å². The van der Waals surface area contributed by atoms with E-state index in [0.29, 0.717) is 29.2 Å². The van der Waals surface area contributed by atoms with E-state index >= 15 is 4.79 Å². The summed E-state index contributed by atoms with van der Waals surface area (Å²) in [5.74, 6) is -0.602. The second kappa shape index (κ2) is 20.4. The number of benzene rings is 6. The Morgan fingerprint density at radius 1 is 0.753 bits per heavy atom. The van der Waals surface area contributed by atoms with Crippen LogP contribution in [0.4, 0.5) is 17.1 Å². The summed E-state index contributed by atoms with van der Waals surface area (Å²) in [5, 5.41) is 19.5. The summed E-state index contributed by atoms with van der Waals surface area (Å²) in [5.41, 5.74) is 5.86. The van der Waals surface area contributed by atoms with Gasteiger partial charge in [-0.25, -0.2) is 0 Å². The molecule has 14 heteroatoms. The van der Waals surface area contributed by atoms with Crippen LogP contribution in [0.25, 0.3) is 21.8 Å². The van der Waals surface area contributed by atoms with Crippen molar-refractivity contribution in [3.63, 3.8) is 0 Å². The fourth-order valence-electron chi connectivity index (χ4n) is 11.5. The number of aliphatic hydroxyl groups excluding tert-OH is 1. The largest absolute Gasteiger partial charge is 0.497 e. The third-order valence-electron chi connectivity index (χ3n) is 15.0. The molecule has 2 aliphatic heterocycles. The van der Waals surface area contributed by atoms with E-state index in [1.54, 1.807) is 16.9 Å². The number of aromatic amines is 2. The van der Waals surface area contributed by atoms with Crippen LogP contribution in [0.5, 0.6) is 5.75 Å². The molecule has 1 fully saturated rings. The number of anilines is 3. The molecule has 10 rings (SSSR count). The monoisotopic (exact) mass is 992 g/mol. The number of aromatic nitrogens is 2. The number of fused-ring (bicyclic) bond motifs is 4. The lowest BCUT2D eigenvalue weighted by Gasteiger charge is -2.37. The van der Waals surface area contributed by atoms with Crippen molar-refractivity contribution in [2.75, 3.05) is 35.8 Å². The maximum absolute atomic E-state index is 15.9. The molecule has 2 aliphatic rings. The van der Waals surface area contributed by atoms with Crippen molar-refractivity contribution in [2.45, 2.75) is 69.6 Å². The average molecular weight is 993 g/mol. The Morgan fingerprint density at radius 2 is 1.36 bits per heavy atom. The minimum absolute atomic E-state index is 0.0276. The van der Waals surface area contributed by atoms with E-state index in [4.69, 9.17) is 9.47 Å². The Labute approximate surface area is 425 Å². The van der Waals surface area contributed by atoms with Crippen LogP contribution < -0.4 is 25.5 Å². The van der Waals surface area contributed by atoms with Gasteiger partial charge in [-0.05, 0) is 82.4 Å². The second-order valence-electron chi connectivity index (χ2n) is 19.9. The van der Waals surface area contributed by atoms with E-state index in [1.807, 2.05) is 146 Å². The predicted octanol–water partition coefficient (Wildman–Crippen LogP) is 9.19. The number of nitrogens with one attached hydrogen (secondary N) is 4. The highest BCUT2D eigenvalue weighted by Gasteiger charge is 2.66. The van der Waals surface area contributed by atoms with Crippen molar-refractivity contribution in [2.24, 2.45) is 5.92 Å². The van der Waals surface area contributed by atoms with Crippen molar-refractivity contribution < 1.29 is 33.8 Å². The first-order chi connectivity index (χ1) is 35.4. The predicted molar refractivity (Wildman–Crippen MR) is 288 cm³/mol. The highest BCUT2D eigenvalue weighted by molar-refractivity contribution is 6.91. The molecule has 73 heavy (non-hydrogen) atoms. The summed E-state index contributed by atoms with van der Waals surface area (Å²) < 4.78 is 13.0. The first-order valence-corrected chi connectivity index (χ1v) is 27.9. The van der Waals surface area contributed by atoms with Gasteiger partial charge < -0.3 is 45.0 Å². The molecule has 0 radical (unpaired) electrons. The molecule has 0 saturated carbocycles. The third-order valence-corrected chi connectivity index (χ3v) is 19.4. The summed E-state index contributed by atoms with van der Waals surface area (Å²) in [4.78, 5) is 68.0. The third kappa shape index (κ3) is 9.56. The number of H-pyrrole nitrogens is 2. The molecule has 13 nitrogen and oxygen atoms in total. The number of ether oxygens (including phenoxy) is 2. The van der Waals surface area contributed by atoms with Crippen LogP contribution in [0.2, 0.25) is 18.6 Å². The first kappa shape index (κ1) is 48.8. The van der Waals surface area contributed by atoms with Crippen molar-refractivity contribution in [3.8, 4) is 5.75 Å². The Balaban J connectivity index is 1.01. The van der Waals surface area contributed by atoms with E-state index in [0.717, 1.165) is 55.0 Å². The summed E-state index contributed by atoms with van der Waals surface area (Å²) in [7, 11) is -1.06. The number of hydrogen-bond acceptors (Lipinski definition) is 7. The Morgan fingerprint density at radius 3 is 1.99 bits per heavy atom. The van der Waals surface area contributed by atoms with Crippen molar-refractivity contribution in [1.29, 1.82) is 0 Å². The van der Waals surface area contributed by atoms with Gasteiger partial charge in [0.1, 0.15) is 5.75 Å². The molecule has 2 aromatic heterocycles. The number of carbonyl (C=O) groups excluding carboxylic acids is 4. The van der Waals surface area contributed by atoms with E-state index in [9.17, 15) is 19.5 Å². The lowest BCUT2D eigenvalue weighted by atomic mass is 9.82. The van der Waals surface area contributed by atoms with Crippen LogP contribution in [-0.4, -0.2) is 78.0 Å². The molecular weight excluding hydrogens is 933 g/mol. The molecule has 6 aromatic carbocycles. The zero-order valence-corrected chi connectivity index (χ0v) is 42.5. The van der Waals surface area contributed by atoms with Gasteiger partial charge in [0, 0.05) is 70.1 Å². The van der Waals surface area contributed by atoms with Gasteiger partial charge in [-0.1, -0.05) is 116 Å². The molecule has 0 bridgehead atoms. The highest BCUT2D eigenvalue weighted by Crippen LogP contribution is 2.60. The second-order valence-corrected chi connectivity index (χ2v) is 24.6. The van der Waals surface area contributed by atoms with Crippen LogP contribution in [0.1, 0.15) is 41.2 Å². The Hall–Kier alpha value is -7.78. The van der Waals surface area contributed by atoms with Crippen molar-refractivity contribution in [3.05, 3.63) is 186 Å². The van der Waals surface area contributed by atoms with E-state index < -0.39 is 25.7 Å². The minimum atomic E-state index is -2.69. The standard InChI is InChI=1S/C59H60N6O7Si/c1-38-57(73(3,4)46-24-22-45(71-2)23-25-46)53(33-56(69)64(27-28-66)36-39-13-6-5-7-14-39)72-59(38)49-32-44(63-55(68)31-42-35-61-51-20-11-9-18-48(42)51)21-26-52(49)65(58(59)70)37-40-15-12-16-43(29-40)62-54(67)30-41-34-60-50-19-10-8-17-47(41)50/h5-26,29,32,34-35,38,53,57,60-61,66H,27-28,30-31,33,36-37H2,1-4H3,(H,62,67)(H,63,68)/t38-,53+,57-,59+/m1/s1. The first-order valence-electron chi connectivity index (χ1n) is 24.9. The van der Waals surface area contributed by atoms with Gasteiger partial charge in [0.2, 0.25) is 17.7 Å². The van der Waals surface area contributed by atoms with Crippen LogP contribution in [0.15, 0.2) is 158 Å². The van der Waals surface area contributed by atoms with Gasteiger partial charge in [-0.3, -0.25) is 19.2 Å². The van der Waals surface area contributed by atoms with Crippen LogP contribution in [-0.2, 0) is 55.4 Å². The van der Waals surface area contributed by atoms with Crippen molar-refractivity contribution in [1.82, 2.24) is 14.9 Å². The maximum Gasteiger partial charge on any atom is 0.264 e. The minimum Gasteiger partial charge on any atom is -0.497 e. The molecule has 0 aliphatic carbocycles. The molecule has 1 spiro atoms. The molecule has 372 valence electrons. The van der Waals surface area contributed by atoms with Gasteiger partial charge in [0.15, 0.2) is 5.60 Å². The van der Waals surface area contributed by atoms with Gasteiger partial charge in [0.05, 0.1) is 59.4 Å². The summed E-state index contributed by atoms with van der Waals surface area (Å²) in [6.45, 7) is 6.97. The van der Waals surface area contributed by atoms with Gasteiger partial charge in [-0.15, -0.1) is 0 Å². The zero-order chi connectivity index (χ0) is 50.9. The number of nitrogens with zero attached hydrogens (tertiary/aromatic N) is 2. The number of carbonyl (C=O) groups is 4. The molecule has 8 aromatic rings. The smallest absolute Gasteiger partial charge is 0.264 e. The van der Waals surface area contributed by atoms with E-state index in [1.165, 1.54) is 0 Å². The molecular formula is C59H60N6O7Si. The van der Waals surface area contributed by atoms with Gasteiger partial charge in [0.25, 0.3) is 5.91 Å². The number of methoxy groups -OCH3 is 1. The number of aliphatic hydroxyl groups is 1. The number of amides is 4. The topological polar surface area (TPSA) is 169 Å². The zero-order valence-electron chi connectivity index (χ0n) is 41.5. The molecule has 4 amide bonds. The lowest BCUT2D eigenvalue weighted by molar-refractivity contribution is -0.150. The number of hydrogen-bond donors (Lipinski definition) is 5. The fraction of sp³-hybridized carbons (Fsp3) is 0.254. The molecule has 1 saturated heterocycles.